The van der Waals surface area contributed by atoms with Gasteiger partial charge in [-0.05, 0) is 54.8 Å². The quantitative estimate of drug-likeness (QED) is 0.752. The van der Waals surface area contributed by atoms with E-state index in [0.29, 0.717) is 11.3 Å². The van der Waals surface area contributed by atoms with Crippen LogP contribution in [0, 0.1) is 0 Å². The number of thioether (sulfide) groups is 1. The topological polar surface area (TPSA) is 12.0 Å². The van der Waals surface area contributed by atoms with Gasteiger partial charge < -0.3 is 5.32 Å². The first-order valence-corrected chi connectivity index (χ1v) is 9.65. The van der Waals surface area contributed by atoms with E-state index in [2.05, 4.69) is 65.8 Å². The zero-order chi connectivity index (χ0) is 14.5. The van der Waals surface area contributed by atoms with Crippen molar-refractivity contribution in [2.24, 2.45) is 0 Å². The minimum Gasteiger partial charge on any atom is -0.309 e. The van der Waals surface area contributed by atoms with E-state index in [1.807, 2.05) is 11.3 Å². The molecule has 21 heavy (non-hydrogen) atoms. The summed E-state index contributed by atoms with van der Waals surface area (Å²) in [5, 5.41) is 6.63. The number of aryl methyl sites for hydroxylation is 1. The van der Waals surface area contributed by atoms with Crippen LogP contribution in [0.15, 0.2) is 46.0 Å². The molecule has 0 bridgehead atoms. The lowest BCUT2D eigenvalue weighted by Crippen LogP contribution is -2.30. The SMILES string of the molecule is CCCNC1c2ccccc2CCCC1Sc1cccs1. The van der Waals surface area contributed by atoms with Crippen molar-refractivity contribution in [2.75, 3.05) is 6.54 Å². The lowest BCUT2D eigenvalue weighted by Gasteiger charge is -2.27. The molecule has 112 valence electrons. The largest absolute Gasteiger partial charge is 0.309 e. The summed E-state index contributed by atoms with van der Waals surface area (Å²) in [4.78, 5) is 0. The van der Waals surface area contributed by atoms with Gasteiger partial charge in [0.25, 0.3) is 0 Å². The van der Waals surface area contributed by atoms with Crippen LogP contribution in [0.5, 0.6) is 0 Å². The summed E-state index contributed by atoms with van der Waals surface area (Å²) in [5.41, 5.74) is 3.07. The van der Waals surface area contributed by atoms with Gasteiger partial charge in [-0.25, -0.2) is 0 Å². The average Bonchev–Trinajstić information content (AvgIpc) is 2.95. The first kappa shape index (κ1) is 15.1. The summed E-state index contributed by atoms with van der Waals surface area (Å²) in [6, 6.07) is 13.9. The minimum atomic E-state index is 0.482. The Morgan fingerprint density at radius 1 is 1.24 bits per heavy atom. The Balaban J connectivity index is 1.86. The number of hydrogen-bond acceptors (Lipinski definition) is 3. The van der Waals surface area contributed by atoms with Gasteiger partial charge in [-0.15, -0.1) is 23.1 Å². The Morgan fingerprint density at radius 3 is 2.95 bits per heavy atom. The van der Waals surface area contributed by atoms with Gasteiger partial charge in [0.05, 0.1) is 4.21 Å². The lowest BCUT2D eigenvalue weighted by atomic mass is 9.99. The van der Waals surface area contributed by atoms with Gasteiger partial charge in [-0.1, -0.05) is 37.3 Å². The molecule has 3 rings (SSSR count). The molecular formula is C18H23NS2. The van der Waals surface area contributed by atoms with Crippen LogP contribution in [0.4, 0.5) is 0 Å². The number of benzene rings is 1. The summed E-state index contributed by atoms with van der Waals surface area (Å²) < 4.78 is 1.45. The van der Waals surface area contributed by atoms with Crippen LogP contribution in [0.3, 0.4) is 0 Å². The highest BCUT2D eigenvalue weighted by atomic mass is 32.2. The number of fused-ring (bicyclic) bond motifs is 1. The van der Waals surface area contributed by atoms with E-state index in [-0.39, 0.29) is 0 Å². The van der Waals surface area contributed by atoms with Crippen LogP contribution in [0.1, 0.15) is 43.4 Å². The smallest absolute Gasteiger partial charge is 0.0601 e. The summed E-state index contributed by atoms with van der Waals surface area (Å²) in [5.74, 6) is 0. The zero-order valence-corrected chi connectivity index (χ0v) is 14.2. The fourth-order valence-electron chi connectivity index (χ4n) is 3.07. The Morgan fingerprint density at radius 2 is 2.14 bits per heavy atom. The highest BCUT2D eigenvalue weighted by Gasteiger charge is 2.28. The third kappa shape index (κ3) is 3.71. The molecule has 2 unspecified atom stereocenters. The summed E-state index contributed by atoms with van der Waals surface area (Å²) in [7, 11) is 0. The van der Waals surface area contributed by atoms with E-state index in [9.17, 15) is 0 Å². The Labute approximate surface area is 136 Å². The van der Waals surface area contributed by atoms with Crippen molar-refractivity contribution in [3.8, 4) is 0 Å². The van der Waals surface area contributed by atoms with Crippen molar-refractivity contribution >= 4 is 23.1 Å². The summed E-state index contributed by atoms with van der Waals surface area (Å²) in [6.45, 7) is 3.34. The van der Waals surface area contributed by atoms with Crippen LogP contribution in [0.2, 0.25) is 0 Å². The molecule has 0 saturated carbocycles. The third-order valence-electron chi connectivity index (χ3n) is 4.07. The molecule has 1 aromatic heterocycles. The molecule has 0 spiro atoms. The molecule has 0 aliphatic heterocycles. The molecule has 0 radical (unpaired) electrons. The number of thiophene rings is 1. The second-order valence-corrected chi connectivity index (χ2v) is 8.10. The van der Waals surface area contributed by atoms with Gasteiger partial charge in [0.2, 0.25) is 0 Å². The maximum Gasteiger partial charge on any atom is 0.0601 e. The molecule has 1 nitrogen and oxygen atoms in total. The van der Waals surface area contributed by atoms with E-state index < -0.39 is 0 Å². The normalized spacial score (nSPS) is 21.8. The molecule has 0 saturated heterocycles. The van der Waals surface area contributed by atoms with Crippen molar-refractivity contribution in [3.05, 3.63) is 52.9 Å². The van der Waals surface area contributed by atoms with Gasteiger partial charge in [0, 0.05) is 11.3 Å². The second kappa shape index (κ2) is 7.48. The predicted octanol–water partition coefficient (Wildman–Crippen LogP) is 5.29. The van der Waals surface area contributed by atoms with Crippen molar-refractivity contribution in [1.82, 2.24) is 5.32 Å². The molecule has 0 amide bonds. The molecule has 1 heterocycles. The minimum absolute atomic E-state index is 0.482. The number of hydrogen-bond donors (Lipinski definition) is 1. The van der Waals surface area contributed by atoms with Crippen molar-refractivity contribution in [1.29, 1.82) is 0 Å². The molecular weight excluding hydrogens is 294 g/mol. The molecule has 1 aromatic carbocycles. The predicted molar refractivity (Wildman–Crippen MR) is 94.4 cm³/mol. The van der Waals surface area contributed by atoms with E-state index in [1.54, 1.807) is 5.56 Å². The van der Waals surface area contributed by atoms with Gasteiger partial charge in [-0.3, -0.25) is 0 Å². The van der Waals surface area contributed by atoms with Gasteiger partial charge in [0.15, 0.2) is 0 Å². The number of rotatable bonds is 5. The van der Waals surface area contributed by atoms with Crippen molar-refractivity contribution in [2.45, 2.75) is 48.1 Å². The standard InChI is InChI=1S/C18H23NS2/c1-2-12-19-18-15-9-4-3-7-14(15)8-5-10-16(18)21-17-11-6-13-20-17/h3-4,6-7,9,11,13,16,18-19H,2,5,8,10,12H2,1H3. The Hall–Kier alpha value is -0.770. The third-order valence-corrected chi connectivity index (χ3v) is 6.49. The van der Waals surface area contributed by atoms with E-state index in [4.69, 9.17) is 0 Å². The van der Waals surface area contributed by atoms with Crippen molar-refractivity contribution in [3.63, 3.8) is 0 Å². The fourth-order valence-corrected chi connectivity index (χ4v) is 5.40. The molecule has 1 aliphatic rings. The van der Waals surface area contributed by atoms with Crippen LogP contribution in [-0.4, -0.2) is 11.8 Å². The average molecular weight is 318 g/mol. The monoisotopic (exact) mass is 317 g/mol. The first-order chi connectivity index (χ1) is 10.4. The molecule has 2 aromatic rings. The molecule has 2 atom stereocenters. The highest BCUT2D eigenvalue weighted by Crippen LogP contribution is 2.40. The summed E-state index contributed by atoms with van der Waals surface area (Å²) in [6.07, 6.45) is 5.00. The Bertz CT molecular complexity index is 550. The maximum absolute atomic E-state index is 3.81. The second-order valence-electron chi connectivity index (χ2n) is 5.61. The van der Waals surface area contributed by atoms with Crippen LogP contribution < -0.4 is 5.32 Å². The molecule has 1 aliphatic carbocycles. The summed E-state index contributed by atoms with van der Waals surface area (Å²) >= 11 is 3.93. The van der Waals surface area contributed by atoms with E-state index in [0.717, 1.165) is 6.54 Å². The molecule has 3 heteroatoms. The van der Waals surface area contributed by atoms with Crippen LogP contribution in [0.25, 0.3) is 0 Å². The van der Waals surface area contributed by atoms with Crippen LogP contribution >= 0.6 is 23.1 Å². The zero-order valence-electron chi connectivity index (χ0n) is 12.5. The van der Waals surface area contributed by atoms with Crippen molar-refractivity contribution < 1.29 is 0 Å². The maximum atomic E-state index is 3.81. The van der Waals surface area contributed by atoms with E-state index >= 15 is 0 Å². The first-order valence-electron chi connectivity index (χ1n) is 7.90. The molecule has 0 fully saturated rings. The van der Waals surface area contributed by atoms with Crippen LogP contribution in [-0.2, 0) is 6.42 Å². The van der Waals surface area contributed by atoms with E-state index in [1.165, 1.54) is 35.5 Å². The lowest BCUT2D eigenvalue weighted by molar-refractivity contribution is 0.501. The number of nitrogens with one attached hydrogen (secondary N) is 1. The van der Waals surface area contributed by atoms with Gasteiger partial charge in [0.1, 0.15) is 0 Å². The van der Waals surface area contributed by atoms with Gasteiger partial charge in [-0.2, -0.15) is 0 Å². The Kier molecular flexibility index (Phi) is 5.39. The van der Waals surface area contributed by atoms with Gasteiger partial charge >= 0.3 is 0 Å². The fraction of sp³-hybridized carbons (Fsp3) is 0.444. The molecule has 1 N–H and O–H groups in total. The highest BCUT2D eigenvalue weighted by molar-refractivity contribution is 8.01.